The maximum atomic E-state index is 11.6. The Labute approximate surface area is 123 Å². The van der Waals surface area contributed by atoms with Gasteiger partial charge in [0.25, 0.3) is 0 Å². The lowest BCUT2D eigenvalue weighted by Gasteiger charge is -2.33. The van der Waals surface area contributed by atoms with Gasteiger partial charge in [0.2, 0.25) is 0 Å². The van der Waals surface area contributed by atoms with Crippen LogP contribution in [-0.4, -0.2) is 37.1 Å². The lowest BCUT2D eigenvalue weighted by molar-refractivity contribution is -0.138. The molecule has 106 valence electrons. The average molecular weight is 301 g/mol. The number of thiophene rings is 1. The fourth-order valence-corrected chi connectivity index (χ4v) is 3.51. The summed E-state index contributed by atoms with van der Waals surface area (Å²) in [4.78, 5) is 29.2. The highest BCUT2D eigenvalue weighted by Gasteiger charge is 2.34. The van der Waals surface area contributed by atoms with Crippen LogP contribution in [0.3, 0.4) is 0 Å². The summed E-state index contributed by atoms with van der Waals surface area (Å²) in [5.41, 5.74) is 2.59. The number of anilines is 1. The van der Waals surface area contributed by atoms with Gasteiger partial charge in [-0.2, -0.15) is 0 Å². The Morgan fingerprint density at radius 2 is 2.33 bits per heavy atom. The molecule has 1 aliphatic heterocycles. The van der Waals surface area contributed by atoms with Gasteiger partial charge in [0.15, 0.2) is 5.82 Å². The van der Waals surface area contributed by atoms with E-state index >= 15 is 0 Å². The van der Waals surface area contributed by atoms with Gasteiger partial charge in [-0.25, -0.2) is 19.7 Å². The Kier molecular flexibility index (Phi) is 2.64. The first-order chi connectivity index (χ1) is 10.2. The molecule has 0 radical (unpaired) electrons. The largest absolute Gasteiger partial charge is 0.480 e. The number of H-pyrrole nitrogens is 1. The summed E-state index contributed by atoms with van der Waals surface area (Å²) >= 11 is 1.52. The van der Waals surface area contributed by atoms with Crippen molar-refractivity contribution < 1.29 is 9.90 Å². The van der Waals surface area contributed by atoms with Crippen LogP contribution in [0, 0.1) is 0 Å². The summed E-state index contributed by atoms with van der Waals surface area (Å²) in [6.45, 7) is 0.455. The highest BCUT2D eigenvalue weighted by Crippen LogP contribution is 2.33. The number of fused-ring (bicyclic) bond motifs is 2. The molecule has 0 bridgehead atoms. The number of aromatic nitrogens is 4. The van der Waals surface area contributed by atoms with E-state index in [0.717, 1.165) is 21.6 Å². The van der Waals surface area contributed by atoms with Crippen LogP contribution < -0.4 is 4.90 Å². The average Bonchev–Trinajstić information content (AvgIpc) is 3.13. The molecule has 0 spiro atoms. The van der Waals surface area contributed by atoms with Gasteiger partial charge in [-0.15, -0.1) is 11.3 Å². The SMILES string of the molecule is O=C(O)[C@@H]1Cc2nc[nH]c2CN1c1ncnc2ccsc12. The van der Waals surface area contributed by atoms with Crippen molar-refractivity contribution in [3.8, 4) is 0 Å². The Hall–Kier alpha value is -2.48. The van der Waals surface area contributed by atoms with E-state index in [-0.39, 0.29) is 0 Å². The van der Waals surface area contributed by atoms with Crippen molar-refractivity contribution in [2.24, 2.45) is 0 Å². The van der Waals surface area contributed by atoms with Gasteiger partial charge >= 0.3 is 5.97 Å². The maximum absolute atomic E-state index is 11.6. The fraction of sp³-hybridized carbons (Fsp3) is 0.231. The second kappa shape index (κ2) is 4.52. The molecule has 0 fully saturated rings. The van der Waals surface area contributed by atoms with E-state index in [2.05, 4.69) is 19.9 Å². The standard InChI is InChI=1S/C13H11N5O2S/c19-13(20)10-3-8-9(16-5-15-8)4-18(10)12-11-7(1-2-21-11)14-6-17-12/h1-2,5-6,10H,3-4H2,(H,15,16)(H,19,20)/t10-/m0/s1. The molecule has 1 aliphatic rings. The molecule has 1 atom stereocenters. The normalized spacial score (nSPS) is 17.9. The Bertz CT molecular complexity index is 827. The van der Waals surface area contributed by atoms with Crippen LogP contribution in [0.2, 0.25) is 0 Å². The number of rotatable bonds is 2. The van der Waals surface area contributed by atoms with Crippen LogP contribution in [0.15, 0.2) is 24.1 Å². The topological polar surface area (TPSA) is 95.0 Å². The number of imidazole rings is 1. The van der Waals surface area contributed by atoms with Gasteiger partial charge in [-0.3, -0.25) is 0 Å². The molecule has 4 rings (SSSR count). The number of carbonyl (C=O) groups is 1. The molecule has 3 aromatic rings. The molecule has 0 saturated heterocycles. The number of aromatic amines is 1. The molecular formula is C13H11N5O2S. The van der Waals surface area contributed by atoms with Crippen molar-refractivity contribution in [2.75, 3.05) is 4.90 Å². The van der Waals surface area contributed by atoms with Crippen molar-refractivity contribution in [3.63, 3.8) is 0 Å². The van der Waals surface area contributed by atoms with E-state index in [9.17, 15) is 9.90 Å². The van der Waals surface area contributed by atoms with E-state index < -0.39 is 12.0 Å². The summed E-state index contributed by atoms with van der Waals surface area (Å²) in [7, 11) is 0. The zero-order valence-corrected chi connectivity index (χ0v) is 11.7. The Morgan fingerprint density at radius 3 is 3.19 bits per heavy atom. The molecule has 7 nitrogen and oxygen atoms in total. The summed E-state index contributed by atoms with van der Waals surface area (Å²) in [6, 6.07) is 1.24. The number of nitrogens with zero attached hydrogens (tertiary/aromatic N) is 4. The van der Waals surface area contributed by atoms with Gasteiger partial charge in [-0.1, -0.05) is 0 Å². The summed E-state index contributed by atoms with van der Waals surface area (Å²) < 4.78 is 0.909. The Morgan fingerprint density at radius 1 is 1.43 bits per heavy atom. The van der Waals surface area contributed by atoms with Crippen LogP contribution in [-0.2, 0) is 17.8 Å². The molecular weight excluding hydrogens is 290 g/mol. The highest BCUT2D eigenvalue weighted by molar-refractivity contribution is 7.17. The fourth-order valence-electron chi connectivity index (χ4n) is 2.66. The third-order valence-electron chi connectivity index (χ3n) is 3.68. The number of nitrogens with one attached hydrogen (secondary N) is 1. The van der Waals surface area contributed by atoms with Crippen molar-refractivity contribution in [1.82, 2.24) is 19.9 Å². The molecule has 2 N–H and O–H groups in total. The molecule has 8 heteroatoms. The smallest absolute Gasteiger partial charge is 0.326 e. The quantitative estimate of drug-likeness (QED) is 0.743. The van der Waals surface area contributed by atoms with Crippen LogP contribution in [0.1, 0.15) is 11.4 Å². The molecule has 4 heterocycles. The number of hydrogen-bond donors (Lipinski definition) is 2. The minimum atomic E-state index is -0.869. The van der Waals surface area contributed by atoms with Gasteiger partial charge in [-0.05, 0) is 11.4 Å². The van der Waals surface area contributed by atoms with E-state index in [1.807, 2.05) is 16.3 Å². The lowest BCUT2D eigenvalue weighted by atomic mass is 10.0. The zero-order valence-electron chi connectivity index (χ0n) is 10.9. The van der Waals surface area contributed by atoms with Crippen molar-refractivity contribution in [2.45, 2.75) is 19.0 Å². The van der Waals surface area contributed by atoms with Crippen molar-refractivity contribution in [1.29, 1.82) is 0 Å². The predicted octanol–water partition coefficient (Wildman–Crippen LogP) is 1.43. The van der Waals surface area contributed by atoms with E-state index in [1.54, 1.807) is 6.33 Å². The van der Waals surface area contributed by atoms with Crippen LogP contribution in [0.5, 0.6) is 0 Å². The lowest BCUT2D eigenvalue weighted by Crippen LogP contribution is -2.46. The monoisotopic (exact) mass is 301 g/mol. The van der Waals surface area contributed by atoms with Gasteiger partial charge in [0.1, 0.15) is 12.4 Å². The van der Waals surface area contributed by atoms with E-state index in [4.69, 9.17) is 0 Å². The first kappa shape index (κ1) is 12.3. The van der Waals surface area contributed by atoms with Gasteiger partial charge in [0, 0.05) is 6.42 Å². The number of aliphatic carboxylic acids is 1. The molecule has 0 aromatic carbocycles. The number of carboxylic acids is 1. The van der Waals surface area contributed by atoms with Gasteiger partial charge < -0.3 is 15.0 Å². The molecule has 3 aromatic heterocycles. The molecule has 0 saturated carbocycles. The predicted molar refractivity (Wildman–Crippen MR) is 77.3 cm³/mol. The van der Waals surface area contributed by atoms with E-state index in [0.29, 0.717) is 18.8 Å². The Balaban J connectivity index is 1.85. The zero-order chi connectivity index (χ0) is 14.4. The van der Waals surface area contributed by atoms with Gasteiger partial charge in [0.05, 0.1) is 34.5 Å². The van der Waals surface area contributed by atoms with Crippen molar-refractivity contribution in [3.05, 3.63) is 35.5 Å². The second-order valence-corrected chi connectivity index (χ2v) is 5.76. The molecule has 21 heavy (non-hydrogen) atoms. The first-order valence-electron chi connectivity index (χ1n) is 6.43. The van der Waals surface area contributed by atoms with E-state index in [1.165, 1.54) is 17.7 Å². The summed E-state index contributed by atoms with van der Waals surface area (Å²) in [6.07, 6.45) is 3.45. The summed E-state index contributed by atoms with van der Waals surface area (Å²) in [5, 5.41) is 11.5. The third-order valence-corrected chi connectivity index (χ3v) is 4.58. The maximum Gasteiger partial charge on any atom is 0.326 e. The number of carboxylic acid groups (broad SMARTS) is 1. The second-order valence-electron chi connectivity index (χ2n) is 4.85. The number of hydrogen-bond acceptors (Lipinski definition) is 6. The highest BCUT2D eigenvalue weighted by atomic mass is 32.1. The molecule has 0 amide bonds. The molecule has 0 unspecified atom stereocenters. The molecule has 0 aliphatic carbocycles. The minimum Gasteiger partial charge on any atom is -0.480 e. The first-order valence-corrected chi connectivity index (χ1v) is 7.31. The summed E-state index contributed by atoms with van der Waals surface area (Å²) in [5.74, 6) is -0.199. The van der Waals surface area contributed by atoms with Crippen molar-refractivity contribution >= 4 is 33.3 Å². The van der Waals surface area contributed by atoms with Crippen LogP contribution in [0.25, 0.3) is 10.2 Å². The third kappa shape index (κ3) is 1.87. The van der Waals surface area contributed by atoms with Crippen LogP contribution in [0.4, 0.5) is 5.82 Å². The van der Waals surface area contributed by atoms with Crippen LogP contribution >= 0.6 is 11.3 Å². The minimum absolute atomic E-state index is 0.366.